The van der Waals surface area contributed by atoms with E-state index in [1.165, 1.54) is 12.8 Å². The lowest BCUT2D eigenvalue weighted by Gasteiger charge is -2.20. The van der Waals surface area contributed by atoms with Gasteiger partial charge in [0.15, 0.2) is 0 Å². The van der Waals surface area contributed by atoms with Crippen LogP contribution in [0.1, 0.15) is 54.1 Å². The van der Waals surface area contributed by atoms with Crippen LogP contribution >= 0.6 is 0 Å². The highest BCUT2D eigenvalue weighted by atomic mass is 16.2. The van der Waals surface area contributed by atoms with Gasteiger partial charge in [-0.05, 0) is 30.5 Å². The van der Waals surface area contributed by atoms with Gasteiger partial charge in [-0.15, -0.1) is 0 Å². The largest absolute Gasteiger partial charge is 0.353 e. The van der Waals surface area contributed by atoms with Crippen LogP contribution in [0.15, 0.2) is 60.7 Å². The van der Waals surface area contributed by atoms with Gasteiger partial charge in [0.1, 0.15) is 0 Å². The maximum atomic E-state index is 12.5. The molecule has 0 radical (unpaired) electrons. The van der Waals surface area contributed by atoms with Crippen LogP contribution in [0.5, 0.6) is 0 Å². The van der Waals surface area contributed by atoms with Crippen LogP contribution in [0.25, 0.3) is 0 Å². The minimum atomic E-state index is -0.338. The normalized spacial score (nSPS) is 15.5. The molecule has 2 aromatic carbocycles. The Hall–Kier alpha value is -2.62. The van der Waals surface area contributed by atoms with Crippen LogP contribution in [0, 0.1) is 0 Å². The number of hydrogen-bond acceptors (Lipinski definition) is 2. The molecule has 0 heterocycles. The van der Waals surface area contributed by atoms with E-state index >= 15 is 0 Å². The predicted octanol–water partition coefficient (Wildman–Crippen LogP) is 3.61. The van der Waals surface area contributed by atoms with Crippen molar-refractivity contribution in [1.82, 2.24) is 10.6 Å². The Bertz CT molecular complexity index is 694. The highest BCUT2D eigenvalue weighted by molar-refractivity contribution is 5.94. The fraction of sp³-hybridized carbons (Fsp3) is 0.333. The molecule has 130 valence electrons. The first-order valence-corrected chi connectivity index (χ1v) is 8.92. The molecule has 1 aliphatic carbocycles. The summed E-state index contributed by atoms with van der Waals surface area (Å²) in [7, 11) is 0. The number of rotatable bonds is 6. The van der Waals surface area contributed by atoms with Crippen molar-refractivity contribution < 1.29 is 9.59 Å². The van der Waals surface area contributed by atoms with E-state index < -0.39 is 0 Å². The van der Waals surface area contributed by atoms with Crippen LogP contribution in [0.3, 0.4) is 0 Å². The standard InChI is InChI=1S/C21H24N2O2/c24-20(22-18-13-7-8-14-18)15-19(16-9-3-1-4-10-16)23-21(25)17-11-5-2-6-12-17/h1-6,9-12,18-19H,7-8,13-15H2,(H,22,24)(H,23,25). The maximum Gasteiger partial charge on any atom is 0.251 e. The van der Waals surface area contributed by atoms with Gasteiger partial charge in [-0.1, -0.05) is 61.4 Å². The first-order valence-electron chi connectivity index (χ1n) is 8.92. The quantitative estimate of drug-likeness (QED) is 0.847. The molecule has 4 heteroatoms. The Kier molecular flexibility index (Phi) is 5.83. The summed E-state index contributed by atoms with van der Waals surface area (Å²) in [5, 5.41) is 6.11. The van der Waals surface area contributed by atoms with E-state index in [2.05, 4.69) is 10.6 Å². The van der Waals surface area contributed by atoms with Gasteiger partial charge in [0.2, 0.25) is 5.91 Å². The second-order valence-electron chi connectivity index (χ2n) is 6.56. The molecule has 0 aliphatic heterocycles. The van der Waals surface area contributed by atoms with Crippen molar-refractivity contribution in [3.05, 3.63) is 71.8 Å². The van der Waals surface area contributed by atoms with E-state index in [9.17, 15) is 9.59 Å². The van der Waals surface area contributed by atoms with Gasteiger partial charge >= 0.3 is 0 Å². The summed E-state index contributed by atoms with van der Waals surface area (Å²) in [5.74, 6) is -0.169. The average molecular weight is 336 g/mol. The summed E-state index contributed by atoms with van der Waals surface area (Å²) in [5.41, 5.74) is 1.54. The Balaban J connectivity index is 1.69. The van der Waals surface area contributed by atoms with Gasteiger partial charge < -0.3 is 10.6 Å². The molecule has 1 atom stereocenters. The lowest BCUT2D eigenvalue weighted by Crippen LogP contribution is -2.37. The van der Waals surface area contributed by atoms with E-state index in [4.69, 9.17) is 0 Å². The van der Waals surface area contributed by atoms with E-state index in [0.29, 0.717) is 5.56 Å². The Morgan fingerprint density at radius 1 is 0.920 bits per heavy atom. The van der Waals surface area contributed by atoms with Crippen molar-refractivity contribution >= 4 is 11.8 Å². The highest BCUT2D eigenvalue weighted by Gasteiger charge is 2.22. The zero-order valence-electron chi connectivity index (χ0n) is 14.3. The second-order valence-corrected chi connectivity index (χ2v) is 6.56. The SMILES string of the molecule is O=C(CC(NC(=O)c1ccccc1)c1ccccc1)NC1CCCC1. The molecule has 1 aliphatic rings. The highest BCUT2D eigenvalue weighted by Crippen LogP contribution is 2.20. The molecule has 0 saturated heterocycles. The first kappa shape index (κ1) is 17.2. The van der Waals surface area contributed by atoms with Gasteiger partial charge in [0.05, 0.1) is 12.5 Å². The number of carbonyl (C=O) groups excluding carboxylic acids is 2. The molecule has 3 rings (SSSR count). The summed E-state index contributed by atoms with van der Waals surface area (Å²) in [4.78, 5) is 24.9. The Labute approximate surface area is 148 Å². The number of nitrogens with one attached hydrogen (secondary N) is 2. The molecule has 2 aromatic rings. The van der Waals surface area contributed by atoms with Gasteiger partial charge in [0, 0.05) is 11.6 Å². The van der Waals surface area contributed by atoms with Crippen molar-refractivity contribution in [1.29, 1.82) is 0 Å². The van der Waals surface area contributed by atoms with Gasteiger partial charge in [-0.3, -0.25) is 9.59 Å². The zero-order valence-corrected chi connectivity index (χ0v) is 14.3. The maximum absolute atomic E-state index is 12.5. The van der Waals surface area contributed by atoms with Gasteiger partial charge in [-0.2, -0.15) is 0 Å². The van der Waals surface area contributed by atoms with Crippen LogP contribution in [0.4, 0.5) is 0 Å². The molecule has 2 N–H and O–H groups in total. The van der Waals surface area contributed by atoms with Crippen molar-refractivity contribution in [2.45, 2.75) is 44.2 Å². The molecule has 2 amide bonds. The lowest BCUT2D eigenvalue weighted by molar-refractivity contribution is -0.122. The fourth-order valence-electron chi connectivity index (χ4n) is 3.31. The Morgan fingerprint density at radius 3 is 2.16 bits per heavy atom. The summed E-state index contributed by atoms with van der Waals surface area (Å²) >= 11 is 0. The van der Waals surface area contributed by atoms with Gasteiger partial charge in [0.25, 0.3) is 5.91 Å². The van der Waals surface area contributed by atoms with Gasteiger partial charge in [-0.25, -0.2) is 0 Å². The van der Waals surface area contributed by atoms with Crippen molar-refractivity contribution in [3.63, 3.8) is 0 Å². The van der Waals surface area contributed by atoms with E-state index in [1.54, 1.807) is 12.1 Å². The van der Waals surface area contributed by atoms with E-state index in [-0.39, 0.29) is 30.3 Å². The first-order chi connectivity index (χ1) is 12.2. The third-order valence-corrected chi connectivity index (χ3v) is 4.65. The monoisotopic (exact) mass is 336 g/mol. The molecule has 4 nitrogen and oxygen atoms in total. The van der Waals surface area contributed by atoms with Crippen molar-refractivity contribution in [3.8, 4) is 0 Å². The van der Waals surface area contributed by atoms with Crippen LogP contribution in [-0.4, -0.2) is 17.9 Å². The Morgan fingerprint density at radius 2 is 1.52 bits per heavy atom. The number of benzene rings is 2. The topological polar surface area (TPSA) is 58.2 Å². The molecule has 1 saturated carbocycles. The average Bonchev–Trinajstić information content (AvgIpc) is 3.15. The van der Waals surface area contributed by atoms with Crippen LogP contribution in [0.2, 0.25) is 0 Å². The number of carbonyl (C=O) groups is 2. The van der Waals surface area contributed by atoms with Crippen LogP contribution < -0.4 is 10.6 Å². The third-order valence-electron chi connectivity index (χ3n) is 4.65. The summed E-state index contributed by atoms with van der Waals surface area (Å²) in [6, 6.07) is 18.7. The third kappa shape index (κ3) is 4.92. The molecule has 0 bridgehead atoms. The second kappa shape index (κ2) is 8.47. The van der Waals surface area contributed by atoms with Crippen molar-refractivity contribution in [2.75, 3.05) is 0 Å². The number of hydrogen-bond donors (Lipinski definition) is 2. The van der Waals surface area contributed by atoms with E-state index in [1.807, 2.05) is 48.5 Å². The molecule has 25 heavy (non-hydrogen) atoms. The fourth-order valence-corrected chi connectivity index (χ4v) is 3.31. The molecular weight excluding hydrogens is 312 g/mol. The predicted molar refractivity (Wildman–Crippen MR) is 98.1 cm³/mol. The molecule has 1 unspecified atom stereocenters. The van der Waals surface area contributed by atoms with Crippen LogP contribution in [-0.2, 0) is 4.79 Å². The van der Waals surface area contributed by atoms with Crippen molar-refractivity contribution in [2.24, 2.45) is 0 Å². The molecule has 0 spiro atoms. The summed E-state index contributed by atoms with van der Waals surface area (Å²) in [6.45, 7) is 0. The minimum Gasteiger partial charge on any atom is -0.353 e. The number of amides is 2. The smallest absolute Gasteiger partial charge is 0.251 e. The summed E-state index contributed by atoms with van der Waals surface area (Å²) < 4.78 is 0. The lowest BCUT2D eigenvalue weighted by atomic mass is 10.0. The zero-order chi connectivity index (χ0) is 17.5. The molecule has 1 fully saturated rings. The summed E-state index contributed by atoms with van der Waals surface area (Å²) in [6.07, 6.45) is 4.71. The van der Waals surface area contributed by atoms with E-state index in [0.717, 1.165) is 18.4 Å². The molecular formula is C21H24N2O2. The minimum absolute atomic E-state index is 0.00545. The molecule has 0 aromatic heterocycles.